The molecule has 0 atom stereocenters. The molecule has 0 aliphatic rings. The first-order chi connectivity index (χ1) is 11.6. The molecule has 0 radical (unpaired) electrons. The fraction of sp³-hybridized carbons (Fsp3) is 0.0526. The first-order valence-electron chi connectivity index (χ1n) is 7.40. The van der Waals surface area contributed by atoms with Crippen molar-refractivity contribution < 1.29 is 13.6 Å². The SMILES string of the molecule is Cc1c(C(N)=O)c(=O)oc2cc3occ(-c4ccccc4)c3cc12. The number of carbonyl (C=O) groups excluding carboxylic acids is 1. The number of furan rings is 1. The molecule has 118 valence electrons. The van der Waals surface area contributed by atoms with Crippen LogP contribution >= 0.6 is 0 Å². The second-order valence-electron chi connectivity index (χ2n) is 5.61. The highest BCUT2D eigenvalue weighted by atomic mass is 16.4. The van der Waals surface area contributed by atoms with E-state index in [0.717, 1.165) is 16.5 Å². The summed E-state index contributed by atoms with van der Waals surface area (Å²) in [5.74, 6) is -0.793. The monoisotopic (exact) mass is 319 g/mol. The number of nitrogens with two attached hydrogens (primary N) is 1. The number of carbonyl (C=O) groups is 1. The summed E-state index contributed by atoms with van der Waals surface area (Å²) in [6.07, 6.45) is 1.67. The predicted molar refractivity (Wildman–Crippen MR) is 90.9 cm³/mol. The lowest BCUT2D eigenvalue weighted by atomic mass is 10.0. The van der Waals surface area contributed by atoms with E-state index in [2.05, 4.69) is 0 Å². The van der Waals surface area contributed by atoms with Crippen LogP contribution in [0.1, 0.15) is 15.9 Å². The smallest absolute Gasteiger partial charge is 0.349 e. The van der Waals surface area contributed by atoms with Crippen molar-refractivity contribution in [3.05, 3.63) is 70.3 Å². The normalized spacial score (nSPS) is 11.2. The van der Waals surface area contributed by atoms with Crippen molar-refractivity contribution in [1.82, 2.24) is 0 Å². The molecular weight excluding hydrogens is 306 g/mol. The van der Waals surface area contributed by atoms with E-state index in [1.807, 2.05) is 36.4 Å². The molecule has 4 rings (SSSR count). The number of aryl methyl sites for hydroxylation is 1. The molecule has 4 aromatic rings. The summed E-state index contributed by atoms with van der Waals surface area (Å²) in [4.78, 5) is 23.5. The van der Waals surface area contributed by atoms with Crippen LogP contribution in [0.2, 0.25) is 0 Å². The van der Waals surface area contributed by atoms with Gasteiger partial charge in [0.2, 0.25) is 0 Å². The highest BCUT2D eigenvalue weighted by Crippen LogP contribution is 2.34. The maximum absolute atomic E-state index is 12.0. The van der Waals surface area contributed by atoms with E-state index in [9.17, 15) is 9.59 Å². The number of rotatable bonds is 2. The van der Waals surface area contributed by atoms with Crippen molar-refractivity contribution in [1.29, 1.82) is 0 Å². The molecule has 5 heteroatoms. The van der Waals surface area contributed by atoms with Crippen LogP contribution in [-0.4, -0.2) is 5.91 Å². The molecule has 0 aliphatic carbocycles. The van der Waals surface area contributed by atoms with Crippen molar-refractivity contribution in [2.75, 3.05) is 0 Å². The zero-order valence-corrected chi connectivity index (χ0v) is 12.8. The molecule has 0 fully saturated rings. The Morgan fingerprint density at radius 1 is 1.04 bits per heavy atom. The topological polar surface area (TPSA) is 86.4 Å². The lowest BCUT2D eigenvalue weighted by Gasteiger charge is -2.05. The van der Waals surface area contributed by atoms with Gasteiger partial charge in [-0.15, -0.1) is 0 Å². The Morgan fingerprint density at radius 3 is 2.50 bits per heavy atom. The number of primary amides is 1. The fourth-order valence-corrected chi connectivity index (χ4v) is 3.00. The van der Waals surface area contributed by atoms with Gasteiger partial charge in [0.25, 0.3) is 5.91 Å². The number of hydrogen-bond acceptors (Lipinski definition) is 4. The van der Waals surface area contributed by atoms with Gasteiger partial charge in [0.05, 0.1) is 6.26 Å². The zero-order chi connectivity index (χ0) is 16.8. The summed E-state index contributed by atoms with van der Waals surface area (Å²) in [7, 11) is 0. The highest BCUT2D eigenvalue weighted by Gasteiger charge is 2.18. The van der Waals surface area contributed by atoms with Crippen LogP contribution in [0.15, 0.2) is 62.4 Å². The van der Waals surface area contributed by atoms with E-state index < -0.39 is 11.5 Å². The number of fused-ring (bicyclic) bond motifs is 2. The average molecular weight is 319 g/mol. The average Bonchev–Trinajstić information content (AvgIpc) is 2.96. The van der Waals surface area contributed by atoms with Crippen LogP contribution in [0.25, 0.3) is 33.1 Å². The minimum absolute atomic E-state index is 0.119. The first-order valence-corrected chi connectivity index (χ1v) is 7.40. The lowest BCUT2D eigenvalue weighted by molar-refractivity contribution is 0.0996. The van der Waals surface area contributed by atoms with Gasteiger partial charge in [-0.25, -0.2) is 4.79 Å². The van der Waals surface area contributed by atoms with Crippen LogP contribution in [0, 0.1) is 6.92 Å². The van der Waals surface area contributed by atoms with Gasteiger partial charge in [0, 0.05) is 22.4 Å². The van der Waals surface area contributed by atoms with E-state index in [1.165, 1.54) is 0 Å². The number of benzene rings is 2. The van der Waals surface area contributed by atoms with Gasteiger partial charge in [-0.3, -0.25) is 4.79 Å². The molecule has 0 spiro atoms. The Labute approximate surface area is 136 Å². The molecule has 2 heterocycles. The van der Waals surface area contributed by atoms with Gasteiger partial charge in [-0.1, -0.05) is 30.3 Å². The van der Waals surface area contributed by atoms with Gasteiger partial charge >= 0.3 is 5.63 Å². The summed E-state index contributed by atoms with van der Waals surface area (Å²) < 4.78 is 10.9. The van der Waals surface area contributed by atoms with Crippen molar-refractivity contribution in [3.63, 3.8) is 0 Å². The van der Waals surface area contributed by atoms with E-state index in [0.29, 0.717) is 22.1 Å². The zero-order valence-electron chi connectivity index (χ0n) is 12.8. The van der Waals surface area contributed by atoms with Crippen LogP contribution in [0.5, 0.6) is 0 Å². The second-order valence-corrected chi connectivity index (χ2v) is 5.61. The van der Waals surface area contributed by atoms with Crippen molar-refractivity contribution in [2.45, 2.75) is 6.92 Å². The summed E-state index contributed by atoms with van der Waals surface area (Å²) in [5.41, 5.74) is 7.88. The summed E-state index contributed by atoms with van der Waals surface area (Å²) >= 11 is 0. The van der Waals surface area contributed by atoms with E-state index in [4.69, 9.17) is 14.6 Å². The van der Waals surface area contributed by atoms with Crippen molar-refractivity contribution in [3.8, 4) is 11.1 Å². The Morgan fingerprint density at radius 2 is 1.79 bits per heavy atom. The molecule has 2 N–H and O–H groups in total. The third-order valence-corrected chi connectivity index (χ3v) is 4.19. The quantitative estimate of drug-likeness (QED) is 0.572. The van der Waals surface area contributed by atoms with E-state index in [-0.39, 0.29) is 5.56 Å². The molecule has 0 bridgehead atoms. The molecule has 5 nitrogen and oxygen atoms in total. The molecule has 1 amide bonds. The maximum atomic E-state index is 12.0. The second kappa shape index (κ2) is 5.09. The van der Waals surface area contributed by atoms with Crippen LogP contribution < -0.4 is 11.4 Å². The molecule has 0 aliphatic heterocycles. The highest BCUT2D eigenvalue weighted by molar-refractivity contribution is 6.05. The Hall–Kier alpha value is -3.34. The minimum Gasteiger partial charge on any atom is -0.464 e. The van der Waals surface area contributed by atoms with Crippen LogP contribution in [0.4, 0.5) is 0 Å². The molecule has 2 aromatic heterocycles. The molecule has 0 unspecified atom stereocenters. The van der Waals surface area contributed by atoms with Gasteiger partial charge < -0.3 is 14.6 Å². The lowest BCUT2D eigenvalue weighted by Crippen LogP contribution is -2.22. The largest absolute Gasteiger partial charge is 0.464 e. The number of hydrogen-bond donors (Lipinski definition) is 1. The molecule has 24 heavy (non-hydrogen) atoms. The fourth-order valence-electron chi connectivity index (χ4n) is 3.00. The van der Waals surface area contributed by atoms with E-state index >= 15 is 0 Å². The van der Waals surface area contributed by atoms with Crippen LogP contribution in [-0.2, 0) is 0 Å². The summed E-state index contributed by atoms with van der Waals surface area (Å²) in [6, 6.07) is 13.3. The molecule has 0 saturated carbocycles. The van der Waals surface area contributed by atoms with Gasteiger partial charge in [0.1, 0.15) is 16.7 Å². The Balaban J connectivity index is 2.09. The van der Waals surface area contributed by atoms with Gasteiger partial charge in [-0.2, -0.15) is 0 Å². The van der Waals surface area contributed by atoms with Crippen LogP contribution in [0.3, 0.4) is 0 Å². The molecule has 2 aromatic carbocycles. The molecular formula is C19H13NO4. The Bertz CT molecular complexity index is 1150. The van der Waals surface area contributed by atoms with E-state index in [1.54, 1.807) is 19.3 Å². The summed E-state index contributed by atoms with van der Waals surface area (Å²) in [6.45, 7) is 1.69. The summed E-state index contributed by atoms with van der Waals surface area (Å²) in [5, 5.41) is 1.54. The third kappa shape index (κ3) is 2.02. The minimum atomic E-state index is -0.793. The van der Waals surface area contributed by atoms with Crippen molar-refractivity contribution in [2.24, 2.45) is 5.73 Å². The van der Waals surface area contributed by atoms with Gasteiger partial charge in [-0.05, 0) is 24.1 Å². The first kappa shape index (κ1) is 14.3. The van der Waals surface area contributed by atoms with Crippen molar-refractivity contribution >= 4 is 27.8 Å². The standard InChI is InChI=1S/C19H13NO4/c1-10-12-7-13-14(11-5-3-2-4-6-11)9-23-15(13)8-16(12)24-19(22)17(10)18(20)21/h2-9H,1H3,(H2,20,21). The Kier molecular flexibility index (Phi) is 3.03. The third-order valence-electron chi connectivity index (χ3n) is 4.19. The number of amides is 1. The molecule has 0 saturated heterocycles. The van der Waals surface area contributed by atoms with Gasteiger partial charge in [0.15, 0.2) is 0 Å². The maximum Gasteiger partial charge on any atom is 0.349 e. The predicted octanol–water partition coefficient (Wildman–Crippen LogP) is 3.61.